The quantitative estimate of drug-likeness (QED) is 0.392. The highest BCUT2D eigenvalue weighted by atomic mass is 79.9. The van der Waals surface area contributed by atoms with Crippen LogP contribution in [0.5, 0.6) is 11.5 Å². The van der Waals surface area contributed by atoms with Crippen molar-refractivity contribution >= 4 is 39.1 Å². The standard InChI is InChI=1S/C22H20BrCl2NO2/c1-27-21-11-10-18(23)16(13-26-12-15-6-3-2-4-7-15)22(21)28-14-17-19(24)8-5-9-20(17)25/h2-11,26H,12-14H2,1H3. The Morgan fingerprint density at radius 3 is 2.25 bits per heavy atom. The molecule has 0 atom stereocenters. The van der Waals surface area contributed by atoms with E-state index in [-0.39, 0.29) is 6.61 Å². The first kappa shape index (κ1) is 21.0. The molecule has 3 aromatic rings. The van der Waals surface area contributed by atoms with Crippen molar-refractivity contribution in [3.8, 4) is 11.5 Å². The van der Waals surface area contributed by atoms with Crippen molar-refractivity contribution in [1.29, 1.82) is 0 Å². The summed E-state index contributed by atoms with van der Waals surface area (Å²) in [5.74, 6) is 1.32. The second kappa shape index (κ2) is 10.2. The molecule has 0 unspecified atom stereocenters. The first-order chi connectivity index (χ1) is 13.6. The maximum absolute atomic E-state index is 6.27. The van der Waals surface area contributed by atoms with Gasteiger partial charge in [-0.15, -0.1) is 0 Å². The van der Waals surface area contributed by atoms with Gasteiger partial charge in [-0.2, -0.15) is 0 Å². The van der Waals surface area contributed by atoms with Crippen molar-refractivity contribution in [3.05, 3.63) is 91.9 Å². The van der Waals surface area contributed by atoms with Gasteiger partial charge in [-0.3, -0.25) is 0 Å². The zero-order valence-corrected chi connectivity index (χ0v) is 18.4. The van der Waals surface area contributed by atoms with Gasteiger partial charge in [0, 0.05) is 38.7 Å². The van der Waals surface area contributed by atoms with Crippen LogP contribution in [0.25, 0.3) is 0 Å². The molecule has 0 saturated heterocycles. The second-order valence-corrected chi connectivity index (χ2v) is 7.80. The Balaban J connectivity index is 1.79. The third-order valence-electron chi connectivity index (χ3n) is 4.28. The molecule has 0 heterocycles. The number of methoxy groups -OCH3 is 1. The fourth-order valence-electron chi connectivity index (χ4n) is 2.81. The number of hydrogen-bond donors (Lipinski definition) is 1. The summed E-state index contributed by atoms with van der Waals surface area (Å²) in [5, 5.41) is 4.60. The van der Waals surface area contributed by atoms with Crippen LogP contribution < -0.4 is 14.8 Å². The molecule has 28 heavy (non-hydrogen) atoms. The summed E-state index contributed by atoms with van der Waals surface area (Å²) in [6.45, 7) is 1.61. The molecule has 0 aliphatic carbocycles. The van der Waals surface area contributed by atoms with E-state index < -0.39 is 0 Å². The van der Waals surface area contributed by atoms with E-state index in [9.17, 15) is 0 Å². The van der Waals surface area contributed by atoms with Crippen LogP contribution in [0.15, 0.2) is 65.1 Å². The van der Waals surface area contributed by atoms with Gasteiger partial charge in [-0.1, -0.05) is 75.5 Å². The van der Waals surface area contributed by atoms with Crippen LogP contribution in [0.3, 0.4) is 0 Å². The highest BCUT2D eigenvalue weighted by Gasteiger charge is 2.16. The summed E-state index contributed by atoms with van der Waals surface area (Å²) in [5.41, 5.74) is 2.93. The van der Waals surface area contributed by atoms with Gasteiger partial charge in [0.25, 0.3) is 0 Å². The van der Waals surface area contributed by atoms with E-state index in [1.165, 1.54) is 5.56 Å². The molecule has 0 aromatic heterocycles. The third-order valence-corrected chi connectivity index (χ3v) is 5.73. The normalized spacial score (nSPS) is 10.7. The van der Waals surface area contributed by atoms with E-state index >= 15 is 0 Å². The van der Waals surface area contributed by atoms with Crippen LogP contribution in [-0.4, -0.2) is 7.11 Å². The Kier molecular flexibility index (Phi) is 7.63. The summed E-state index contributed by atoms with van der Waals surface area (Å²) in [6.07, 6.45) is 0. The first-order valence-corrected chi connectivity index (χ1v) is 10.3. The lowest BCUT2D eigenvalue weighted by molar-refractivity contribution is 0.280. The fourth-order valence-corrected chi connectivity index (χ4v) is 3.77. The molecule has 0 spiro atoms. The highest BCUT2D eigenvalue weighted by molar-refractivity contribution is 9.10. The van der Waals surface area contributed by atoms with Crippen LogP contribution >= 0.6 is 39.1 Å². The molecule has 0 bridgehead atoms. The average molecular weight is 481 g/mol. The van der Waals surface area contributed by atoms with Gasteiger partial charge >= 0.3 is 0 Å². The topological polar surface area (TPSA) is 30.5 Å². The van der Waals surface area contributed by atoms with Crippen molar-refractivity contribution in [3.63, 3.8) is 0 Å². The van der Waals surface area contributed by atoms with Gasteiger partial charge in [0.1, 0.15) is 6.61 Å². The summed E-state index contributed by atoms with van der Waals surface area (Å²) < 4.78 is 12.6. The van der Waals surface area contributed by atoms with Crippen molar-refractivity contribution in [2.75, 3.05) is 7.11 Å². The second-order valence-electron chi connectivity index (χ2n) is 6.14. The van der Waals surface area contributed by atoms with Gasteiger partial charge in [0.2, 0.25) is 0 Å². The van der Waals surface area contributed by atoms with Gasteiger partial charge in [0.05, 0.1) is 7.11 Å². The first-order valence-electron chi connectivity index (χ1n) is 8.76. The van der Waals surface area contributed by atoms with E-state index in [0.717, 1.165) is 22.1 Å². The zero-order valence-electron chi connectivity index (χ0n) is 15.3. The lowest BCUT2D eigenvalue weighted by Gasteiger charge is -2.18. The molecule has 6 heteroatoms. The highest BCUT2D eigenvalue weighted by Crippen LogP contribution is 2.37. The molecule has 0 radical (unpaired) electrons. The van der Waals surface area contributed by atoms with Crippen LogP contribution in [0, 0.1) is 0 Å². The van der Waals surface area contributed by atoms with E-state index in [4.69, 9.17) is 32.7 Å². The molecule has 0 aliphatic heterocycles. The van der Waals surface area contributed by atoms with E-state index in [1.807, 2.05) is 36.4 Å². The molecule has 0 saturated carbocycles. The molecular weight excluding hydrogens is 461 g/mol. The lowest BCUT2D eigenvalue weighted by Crippen LogP contribution is -2.14. The number of ether oxygens (including phenoxy) is 2. The maximum Gasteiger partial charge on any atom is 0.167 e. The molecule has 0 aliphatic rings. The van der Waals surface area contributed by atoms with E-state index in [1.54, 1.807) is 19.2 Å². The number of benzene rings is 3. The monoisotopic (exact) mass is 479 g/mol. The number of halogens is 3. The molecule has 1 N–H and O–H groups in total. The van der Waals surface area contributed by atoms with Gasteiger partial charge in [-0.25, -0.2) is 0 Å². The zero-order chi connectivity index (χ0) is 19.9. The summed E-state index contributed by atoms with van der Waals surface area (Å²) in [4.78, 5) is 0. The van der Waals surface area contributed by atoms with Crippen LogP contribution in [0.1, 0.15) is 16.7 Å². The minimum atomic E-state index is 0.247. The molecular formula is C22H20BrCl2NO2. The third kappa shape index (κ3) is 5.21. The van der Waals surface area contributed by atoms with Crippen LogP contribution in [0.2, 0.25) is 10.0 Å². The molecule has 3 aromatic carbocycles. The fraction of sp³-hybridized carbons (Fsp3) is 0.182. The number of nitrogens with one attached hydrogen (secondary N) is 1. The Hall–Kier alpha value is -1.72. The summed E-state index contributed by atoms with van der Waals surface area (Å²) in [7, 11) is 1.62. The van der Waals surface area contributed by atoms with Crippen molar-refractivity contribution in [2.24, 2.45) is 0 Å². The minimum Gasteiger partial charge on any atom is -0.493 e. The maximum atomic E-state index is 6.27. The molecule has 146 valence electrons. The SMILES string of the molecule is COc1ccc(Br)c(CNCc2ccccc2)c1OCc1c(Cl)cccc1Cl. The Morgan fingerprint density at radius 2 is 1.57 bits per heavy atom. The summed E-state index contributed by atoms with van der Waals surface area (Å²) >= 11 is 16.2. The largest absolute Gasteiger partial charge is 0.493 e. The number of hydrogen-bond acceptors (Lipinski definition) is 3. The van der Waals surface area contributed by atoms with Crippen LogP contribution in [-0.2, 0) is 19.7 Å². The Labute approximate surface area is 183 Å². The lowest BCUT2D eigenvalue weighted by atomic mass is 10.1. The Bertz CT molecular complexity index is 915. The Morgan fingerprint density at radius 1 is 0.857 bits per heavy atom. The van der Waals surface area contributed by atoms with Crippen molar-refractivity contribution in [1.82, 2.24) is 5.32 Å². The van der Waals surface area contributed by atoms with Gasteiger partial charge in [-0.05, 0) is 29.8 Å². The predicted octanol–water partition coefficient (Wildman–Crippen LogP) is 6.63. The van der Waals surface area contributed by atoms with E-state index in [2.05, 4.69) is 33.4 Å². The van der Waals surface area contributed by atoms with E-state index in [0.29, 0.717) is 28.1 Å². The van der Waals surface area contributed by atoms with Crippen LogP contribution in [0.4, 0.5) is 0 Å². The molecule has 0 fully saturated rings. The summed E-state index contributed by atoms with van der Waals surface area (Å²) in [6, 6.07) is 19.5. The van der Waals surface area contributed by atoms with Crippen molar-refractivity contribution in [2.45, 2.75) is 19.7 Å². The molecule has 3 rings (SSSR count). The van der Waals surface area contributed by atoms with Gasteiger partial charge < -0.3 is 14.8 Å². The van der Waals surface area contributed by atoms with Crippen molar-refractivity contribution < 1.29 is 9.47 Å². The van der Waals surface area contributed by atoms with Gasteiger partial charge in [0.15, 0.2) is 11.5 Å². The predicted molar refractivity (Wildman–Crippen MR) is 118 cm³/mol. The molecule has 3 nitrogen and oxygen atoms in total. The smallest absolute Gasteiger partial charge is 0.167 e. The average Bonchev–Trinajstić information content (AvgIpc) is 2.70. The molecule has 0 amide bonds. The number of rotatable bonds is 8. The minimum absolute atomic E-state index is 0.247.